The number of aromatic nitrogens is 2. The number of anilines is 2. The van der Waals surface area contributed by atoms with E-state index in [2.05, 4.69) is 22.2 Å². The lowest BCUT2D eigenvalue weighted by molar-refractivity contribution is 0.183. The summed E-state index contributed by atoms with van der Waals surface area (Å²) in [4.78, 5) is 8.13. The first-order valence-electron chi connectivity index (χ1n) is 5.72. The Morgan fingerprint density at radius 2 is 2.29 bits per heavy atom. The van der Waals surface area contributed by atoms with Crippen LogP contribution in [0.3, 0.4) is 0 Å². The first-order chi connectivity index (χ1) is 8.08. The van der Waals surface area contributed by atoms with Crippen molar-refractivity contribution in [2.45, 2.75) is 26.3 Å². The average molecular weight is 257 g/mol. The maximum absolute atomic E-state index is 5.92. The third-order valence-corrected chi connectivity index (χ3v) is 3.31. The van der Waals surface area contributed by atoms with Gasteiger partial charge in [0.2, 0.25) is 5.28 Å². The third-order valence-electron chi connectivity index (χ3n) is 3.15. The summed E-state index contributed by atoms with van der Waals surface area (Å²) >= 11 is 5.82. The molecule has 2 atom stereocenters. The van der Waals surface area contributed by atoms with E-state index < -0.39 is 0 Å². The number of hydrogen-bond acceptors (Lipinski definition) is 5. The Morgan fingerprint density at radius 1 is 1.53 bits per heavy atom. The number of ether oxygens (including phenoxy) is 1. The van der Waals surface area contributed by atoms with Crippen LogP contribution in [0.15, 0.2) is 0 Å². The van der Waals surface area contributed by atoms with Crippen LogP contribution in [0.2, 0.25) is 5.28 Å². The topological polar surface area (TPSA) is 73.1 Å². The maximum atomic E-state index is 5.92. The fraction of sp³-hybridized carbons (Fsp3) is 0.636. The molecule has 0 saturated carbocycles. The largest absolute Gasteiger partial charge is 0.394 e. The van der Waals surface area contributed by atoms with Gasteiger partial charge in [0.1, 0.15) is 0 Å². The molecule has 6 heteroatoms. The molecule has 1 fully saturated rings. The van der Waals surface area contributed by atoms with E-state index in [0.29, 0.717) is 23.1 Å². The van der Waals surface area contributed by atoms with Gasteiger partial charge in [0.25, 0.3) is 0 Å². The van der Waals surface area contributed by atoms with E-state index in [1.165, 1.54) is 0 Å². The molecule has 1 aromatic heterocycles. The summed E-state index contributed by atoms with van der Waals surface area (Å²) in [6.45, 7) is 5.53. The van der Waals surface area contributed by atoms with Gasteiger partial charge in [-0.1, -0.05) is 0 Å². The summed E-state index contributed by atoms with van der Waals surface area (Å²) in [5, 5.41) is 3.51. The number of hydrogen-bond donors (Lipinski definition) is 2. The minimum absolute atomic E-state index is 0.217. The van der Waals surface area contributed by atoms with E-state index >= 15 is 0 Å². The first kappa shape index (κ1) is 12.4. The minimum atomic E-state index is 0.217. The molecule has 2 heterocycles. The number of rotatable bonds is 3. The molecule has 1 aliphatic heterocycles. The molecule has 0 spiro atoms. The molecule has 0 aliphatic carbocycles. The van der Waals surface area contributed by atoms with Crippen molar-refractivity contribution in [1.29, 1.82) is 0 Å². The Kier molecular flexibility index (Phi) is 3.69. The van der Waals surface area contributed by atoms with Gasteiger partial charge in [0.05, 0.1) is 18.0 Å². The van der Waals surface area contributed by atoms with E-state index in [0.717, 1.165) is 19.6 Å². The molecule has 5 nitrogen and oxygen atoms in total. The van der Waals surface area contributed by atoms with Gasteiger partial charge in [0, 0.05) is 18.6 Å². The van der Waals surface area contributed by atoms with E-state index in [9.17, 15) is 0 Å². The molecule has 2 unspecified atom stereocenters. The summed E-state index contributed by atoms with van der Waals surface area (Å²) < 4.78 is 5.36. The van der Waals surface area contributed by atoms with Crippen molar-refractivity contribution in [3.8, 4) is 0 Å². The molecular formula is C11H17ClN4O. The van der Waals surface area contributed by atoms with Crippen LogP contribution in [-0.4, -0.2) is 29.2 Å². The zero-order valence-corrected chi connectivity index (χ0v) is 10.8. The number of nitrogens with two attached hydrogens (primary N) is 1. The third kappa shape index (κ3) is 2.79. The second-order valence-electron chi connectivity index (χ2n) is 4.40. The SMILES string of the molecule is Cc1nc(Cl)nc(NC(C)C2CCOC2)c1N. The smallest absolute Gasteiger partial charge is 0.224 e. The van der Waals surface area contributed by atoms with Crippen LogP contribution in [0, 0.1) is 12.8 Å². The highest BCUT2D eigenvalue weighted by Crippen LogP contribution is 2.24. The molecule has 94 valence electrons. The highest BCUT2D eigenvalue weighted by atomic mass is 35.5. The van der Waals surface area contributed by atoms with Crippen molar-refractivity contribution in [2.75, 3.05) is 24.3 Å². The Morgan fingerprint density at radius 3 is 2.94 bits per heavy atom. The normalized spacial score (nSPS) is 21.5. The number of nitrogens with one attached hydrogen (secondary N) is 1. The lowest BCUT2D eigenvalue weighted by Crippen LogP contribution is -2.27. The second-order valence-corrected chi connectivity index (χ2v) is 4.74. The Labute approximate surface area is 106 Å². The molecule has 0 bridgehead atoms. The van der Waals surface area contributed by atoms with E-state index in [1.54, 1.807) is 0 Å². The fourth-order valence-corrected chi connectivity index (χ4v) is 2.15. The van der Waals surface area contributed by atoms with E-state index in [-0.39, 0.29) is 11.3 Å². The van der Waals surface area contributed by atoms with Crippen molar-refractivity contribution < 1.29 is 4.74 Å². The van der Waals surface area contributed by atoms with E-state index in [1.807, 2.05) is 6.92 Å². The standard InChI is InChI=1S/C11H17ClN4O/c1-6(8-3-4-17-5-8)14-10-9(13)7(2)15-11(12)16-10/h6,8H,3-5,13H2,1-2H3,(H,14,15,16). The van der Waals surface area contributed by atoms with Gasteiger partial charge in [0.15, 0.2) is 5.82 Å². The lowest BCUT2D eigenvalue weighted by Gasteiger charge is -2.21. The molecule has 1 saturated heterocycles. The molecule has 1 aliphatic rings. The highest BCUT2D eigenvalue weighted by molar-refractivity contribution is 6.28. The summed E-state index contributed by atoms with van der Waals surface area (Å²) in [5.41, 5.74) is 7.17. The fourth-order valence-electron chi connectivity index (χ4n) is 1.94. The minimum Gasteiger partial charge on any atom is -0.394 e. The van der Waals surface area contributed by atoms with Crippen LogP contribution in [-0.2, 0) is 4.74 Å². The van der Waals surface area contributed by atoms with Crippen LogP contribution >= 0.6 is 11.6 Å². The van der Waals surface area contributed by atoms with Gasteiger partial charge in [-0.3, -0.25) is 0 Å². The summed E-state index contributed by atoms with van der Waals surface area (Å²) in [6, 6.07) is 0.255. The quantitative estimate of drug-likeness (QED) is 0.808. The van der Waals surface area contributed by atoms with Crippen molar-refractivity contribution in [2.24, 2.45) is 5.92 Å². The van der Waals surface area contributed by atoms with Gasteiger partial charge in [-0.25, -0.2) is 4.98 Å². The van der Waals surface area contributed by atoms with Crippen molar-refractivity contribution in [3.63, 3.8) is 0 Å². The Bertz CT molecular complexity index is 407. The summed E-state index contributed by atoms with van der Waals surface area (Å²) in [5.74, 6) is 1.10. The average Bonchev–Trinajstić information content (AvgIpc) is 2.78. The van der Waals surface area contributed by atoms with Crippen LogP contribution in [0.5, 0.6) is 0 Å². The molecule has 3 N–H and O–H groups in total. The van der Waals surface area contributed by atoms with Crippen molar-refractivity contribution in [1.82, 2.24) is 9.97 Å². The predicted molar refractivity (Wildman–Crippen MR) is 68.2 cm³/mol. The summed E-state index contributed by atoms with van der Waals surface area (Å²) in [6.07, 6.45) is 1.06. The zero-order valence-electron chi connectivity index (χ0n) is 10.0. The molecule has 2 rings (SSSR count). The Hall–Kier alpha value is -1.07. The molecule has 0 amide bonds. The maximum Gasteiger partial charge on any atom is 0.224 e. The van der Waals surface area contributed by atoms with Crippen LogP contribution < -0.4 is 11.1 Å². The van der Waals surface area contributed by atoms with Crippen LogP contribution in [0.25, 0.3) is 0 Å². The monoisotopic (exact) mass is 256 g/mol. The van der Waals surface area contributed by atoms with Gasteiger partial charge in [-0.05, 0) is 31.9 Å². The second kappa shape index (κ2) is 5.06. The molecule has 0 aromatic carbocycles. The van der Waals surface area contributed by atoms with Gasteiger partial charge in [-0.15, -0.1) is 0 Å². The van der Waals surface area contributed by atoms with Crippen LogP contribution in [0.4, 0.5) is 11.5 Å². The Balaban J connectivity index is 2.12. The zero-order chi connectivity index (χ0) is 12.4. The van der Waals surface area contributed by atoms with Gasteiger partial charge >= 0.3 is 0 Å². The molecule has 0 radical (unpaired) electrons. The molecule has 17 heavy (non-hydrogen) atoms. The van der Waals surface area contributed by atoms with Gasteiger partial charge < -0.3 is 15.8 Å². The number of nitrogens with zero attached hydrogens (tertiary/aromatic N) is 2. The van der Waals surface area contributed by atoms with Gasteiger partial charge in [-0.2, -0.15) is 4.98 Å². The molecular weight excluding hydrogens is 240 g/mol. The van der Waals surface area contributed by atoms with Crippen molar-refractivity contribution in [3.05, 3.63) is 11.0 Å². The summed E-state index contributed by atoms with van der Waals surface area (Å²) in [7, 11) is 0. The predicted octanol–water partition coefficient (Wildman–Crippen LogP) is 1.86. The highest BCUT2D eigenvalue weighted by Gasteiger charge is 2.23. The lowest BCUT2D eigenvalue weighted by atomic mass is 10.0. The number of aryl methyl sites for hydroxylation is 1. The number of halogens is 1. The van der Waals surface area contributed by atoms with Crippen molar-refractivity contribution >= 4 is 23.1 Å². The van der Waals surface area contributed by atoms with E-state index in [4.69, 9.17) is 22.1 Å². The number of nitrogen functional groups attached to an aromatic ring is 1. The first-order valence-corrected chi connectivity index (χ1v) is 6.09. The van der Waals surface area contributed by atoms with Crippen LogP contribution in [0.1, 0.15) is 19.0 Å². The molecule has 1 aromatic rings.